The van der Waals surface area contributed by atoms with E-state index in [-0.39, 0.29) is 11.8 Å². The molecule has 7 nitrogen and oxygen atoms in total. The molecule has 2 amide bonds. The number of rotatable bonds is 6. The second kappa shape index (κ2) is 10.3. The minimum absolute atomic E-state index is 0.235. The highest BCUT2D eigenvalue weighted by Crippen LogP contribution is 2.31. The van der Waals surface area contributed by atoms with Gasteiger partial charge in [0.1, 0.15) is 0 Å². The minimum atomic E-state index is -0.384. The molecule has 5 aromatic rings. The number of nitrogens with one attached hydrogen (secondary N) is 2. The van der Waals surface area contributed by atoms with E-state index < -0.39 is 0 Å². The minimum Gasteiger partial charge on any atom is -0.321 e. The third-order valence-electron chi connectivity index (χ3n) is 5.63. The molecule has 0 saturated heterocycles. The first-order valence-corrected chi connectivity index (χ1v) is 12.3. The largest absolute Gasteiger partial charge is 0.321 e. The van der Waals surface area contributed by atoms with Crippen LogP contribution in [0.4, 0.5) is 11.4 Å². The maximum absolute atomic E-state index is 13.2. The lowest BCUT2D eigenvalue weighted by atomic mass is 10.1. The van der Waals surface area contributed by atoms with Crippen molar-refractivity contribution in [1.82, 2.24) is 9.78 Å². The van der Waals surface area contributed by atoms with Crippen molar-refractivity contribution in [2.24, 2.45) is 0 Å². The van der Waals surface area contributed by atoms with Crippen molar-refractivity contribution in [2.45, 2.75) is 6.92 Å². The highest BCUT2D eigenvalue weighted by molar-refractivity contribution is 7.12. The molecule has 2 heterocycles. The lowest BCUT2D eigenvalue weighted by Crippen LogP contribution is -2.16. The average Bonchev–Trinajstić information content (AvgIpc) is 3.60. The normalized spacial score (nSPS) is 10.5. The summed E-state index contributed by atoms with van der Waals surface area (Å²) in [6, 6.07) is 29.2. The molecular weight excluding hydrogens is 482 g/mol. The average molecular weight is 504 g/mol. The topological polar surface area (TPSA) is 99.8 Å². The standard InChI is InChI=1S/C29H21N5O2S/c1-19-15-26(21-8-3-2-4-9-21)34(33-19)25-13-12-23(31-29(36)27-11-6-14-37-27)17-24(25)32-28(35)22-10-5-7-20(16-22)18-30/h2-17H,1H3,(H,31,36)(H,32,35). The number of thiophene rings is 1. The maximum Gasteiger partial charge on any atom is 0.265 e. The summed E-state index contributed by atoms with van der Waals surface area (Å²) in [4.78, 5) is 26.5. The van der Waals surface area contributed by atoms with Crippen molar-refractivity contribution in [3.05, 3.63) is 118 Å². The molecule has 0 aliphatic rings. The van der Waals surface area contributed by atoms with E-state index in [0.29, 0.717) is 33.1 Å². The third-order valence-corrected chi connectivity index (χ3v) is 6.50. The van der Waals surface area contributed by atoms with Gasteiger partial charge in [-0.05, 0) is 60.8 Å². The van der Waals surface area contributed by atoms with Crippen LogP contribution in [-0.2, 0) is 0 Å². The van der Waals surface area contributed by atoms with Crippen molar-refractivity contribution >= 4 is 34.5 Å². The van der Waals surface area contributed by atoms with Crippen LogP contribution >= 0.6 is 11.3 Å². The van der Waals surface area contributed by atoms with Crippen molar-refractivity contribution < 1.29 is 9.59 Å². The Morgan fingerprint density at radius 2 is 1.73 bits per heavy atom. The van der Waals surface area contributed by atoms with Gasteiger partial charge in [-0.3, -0.25) is 9.59 Å². The number of nitrogens with zero attached hydrogens (tertiary/aromatic N) is 3. The number of amides is 2. The number of carbonyl (C=O) groups is 2. The molecule has 0 aliphatic carbocycles. The Labute approximate surface area is 217 Å². The molecule has 0 spiro atoms. The van der Waals surface area contributed by atoms with Crippen molar-refractivity contribution in [3.8, 4) is 23.0 Å². The lowest BCUT2D eigenvalue weighted by molar-refractivity contribution is 0.102. The lowest BCUT2D eigenvalue weighted by Gasteiger charge is -2.16. The first-order chi connectivity index (χ1) is 18.0. The molecule has 0 bridgehead atoms. The molecule has 0 radical (unpaired) electrons. The molecule has 2 aromatic heterocycles. The number of nitriles is 1. The summed E-state index contributed by atoms with van der Waals surface area (Å²) in [7, 11) is 0. The molecule has 0 saturated carbocycles. The Kier molecular flexibility index (Phi) is 6.62. The Bertz CT molecular complexity index is 1630. The van der Waals surface area contributed by atoms with E-state index in [0.717, 1.165) is 17.0 Å². The number of carbonyl (C=O) groups excluding carboxylic acids is 2. The monoisotopic (exact) mass is 503 g/mol. The van der Waals surface area contributed by atoms with Gasteiger partial charge < -0.3 is 10.6 Å². The van der Waals surface area contributed by atoms with Gasteiger partial charge in [0.25, 0.3) is 11.8 Å². The summed E-state index contributed by atoms with van der Waals surface area (Å²) in [5, 5.41) is 21.6. The van der Waals surface area contributed by atoms with E-state index in [1.165, 1.54) is 17.4 Å². The molecule has 3 aromatic carbocycles. The molecular formula is C29H21N5O2S. The second-order valence-electron chi connectivity index (χ2n) is 8.26. The van der Waals surface area contributed by atoms with E-state index >= 15 is 0 Å². The van der Waals surface area contributed by atoms with Gasteiger partial charge in [-0.15, -0.1) is 11.3 Å². The van der Waals surface area contributed by atoms with Crippen molar-refractivity contribution in [1.29, 1.82) is 5.26 Å². The molecule has 0 fully saturated rings. The van der Waals surface area contributed by atoms with Crippen molar-refractivity contribution in [2.75, 3.05) is 10.6 Å². The van der Waals surface area contributed by atoms with Gasteiger partial charge in [0.05, 0.1) is 39.3 Å². The zero-order chi connectivity index (χ0) is 25.8. The molecule has 180 valence electrons. The maximum atomic E-state index is 13.2. The van der Waals surface area contributed by atoms with E-state index in [2.05, 4.69) is 16.7 Å². The van der Waals surface area contributed by atoms with Crippen LogP contribution in [0.25, 0.3) is 16.9 Å². The number of benzene rings is 3. The summed E-state index contributed by atoms with van der Waals surface area (Å²) in [5.74, 6) is -0.619. The van der Waals surface area contributed by atoms with Crippen LogP contribution in [-0.4, -0.2) is 21.6 Å². The first kappa shape index (κ1) is 23.7. The van der Waals surface area contributed by atoms with Crippen LogP contribution in [0, 0.1) is 18.3 Å². The summed E-state index contributed by atoms with van der Waals surface area (Å²) in [5.41, 5.74) is 4.98. The second-order valence-corrected chi connectivity index (χ2v) is 9.21. The summed E-state index contributed by atoms with van der Waals surface area (Å²) >= 11 is 1.35. The number of hydrogen-bond acceptors (Lipinski definition) is 5. The summed E-state index contributed by atoms with van der Waals surface area (Å²) in [6.45, 7) is 1.91. The molecule has 37 heavy (non-hydrogen) atoms. The molecule has 0 unspecified atom stereocenters. The van der Waals surface area contributed by atoms with Crippen LogP contribution in [0.3, 0.4) is 0 Å². The van der Waals surface area contributed by atoms with Crippen molar-refractivity contribution in [3.63, 3.8) is 0 Å². The molecule has 5 rings (SSSR count). The van der Waals surface area contributed by atoms with Gasteiger partial charge >= 0.3 is 0 Å². The van der Waals surface area contributed by atoms with Crippen LogP contribution in [0.2, 0.25) is 0 Å². The van der Waals surface area contributed by atoms with E-state index in [1.54, 1.807) is 41.1 Å². The Hall–Kier alpha value is -5.00. The fraction of sp³-hybridized carbons (Fsp3) is 0.0345. The van der Waals surface area contributed by atoms with E-state index in [9.17, 15) is 14.9 Å². The van der Waals surface area contributed by atoms with E-state index in [4.69, 9.17) is 5.10 Å². The van der Waals surface area contributed by atoms with Crippen LogP contribution in [0.1, 0.15) is 31.3 Å². The molecule has 2 N–H and O–H groups in total. The van der Waals surface area contributed by atoms with Gasteiger partial charge in [-0.25, -0.2) is 4.68 Å². The first-order valence-electron chi connectivity index (χ1n) is 11.4. The number of anilines is 2. The van der Waals surface area contributed by atoms with Gasteiger partial charge in [0, 0.05) is 16.8 Å². The fourth-order valence-corrected chi connectivity index (χ4v) is 4.54. The van der Waals surface area contributed by atoms with Gasteiger partial charge in [-0.2, -0.15) is 10.4 Å². The predicted molar refractivity (Wildman–Crippen MR) is 145 cm³/mol. The molecule has 0 aliphatic heterocycles. The summed E-state index contributed by atoms with van der Waals surface area (Å²) in [6.07, 6.45) is 0. The Balaban J connectivity index is 1.57. The van der Waals surface area contributed by atoms with Crippen LogP contribution in [0.5, 0.6) is 0 Å². The van der Waals surface area contributed by atoms with E-state index in [1.807, 2.05) is 60.8 Å². The highest BCUT2D eigenvalue weighted by Gasteiger charge is 2.17. The third kappa shape index (κ3) is 5.17. The molecule has 8 heteroatoms. The predicted octanol–water partition coefficient (Wildman–Crippen LogP) is 6.29. The van der Waals surface area contributed by atoms with Gasteiger partial charge in [0.2, 0.25) is 0 Å². The zero-order valence-electron chi connectivity index (χ0n) is 19.8. The SMILES string of the molecule is Cc1cc(-c2ccccc2)n(-c2ccc(NC(=O)c3cccs3)cc2NC(=O)c2cccc(C#N)c2)n1. The number of aromatic nitrogens is 2. The zero-order valence-corrected chi connectivity index (χ0v) is 20.6. The van der Waals surface area contributed by atoms with Crippen LogP contribution in [0.15, 0.2) is 96.4 Å². The smallest absolute Gasteiger partial charge is 0.265 e. The number of hydrogen-bond donors (Lipinski definition) is 2. The summed E-state index contributed by atoms with van der Waals surface area (Å²) < 4.78 is 1.77. The molecule has 0 atom stereocenters. The highest BCUT2D eigenvalue weighted by atomic mass is 32.1. The number of aryl methyl sites for hydroxylation is 1. The van der Waals surface area contributed by atoms with Crippen LogP contribution < -0.4 is 10.6 Å². The van der Waals surface area contributed by atoms with Gasteiger partial charge in [-0.1, -0.05) is 42.5 Å². The Morgan fingerprint density at radius 1 is 0.892 bits per heavy atom. The fourth-order valence-electron chi connectivity index (χ4n) is 3.92. The Morgan fingerprint density at radius 3 is 2.49 bits per heavy atom. The quantitative estimate of drug-likeness (QED) is 0.285. The van der Waals surface area contributed by atoms with Gasteiger partial charge in [0.15, 0.2) is 0 Å².